The second kappa shape index (κ2) is 8.46. The molecule has 0 fully saturated rings. The van der Waals surface area contributed by atoms with Crippen molar-refractivity contribution >= 4 is 50.6 Å². The zero-order valence-corrected chi connectivity index (χ0v) is 16.0. The molecule has 6 heteroatoms. The number of carbonyl (C=O) groups is 1. The highest BCUT2D eigenvalue weighted by Crippen LogP contribution is 2.28. The number of hydrogen-bond acceptors (Lipinski definition) is 4. The largest absolute Gasteiger partial charge is 0.326 e. The van der Waals surface area contributed by atoms with Crippen LogP contribution in [0, 0.1) is 0 Å². The van der Waals surface area contributed by atoms with Crippen LogP contribution in [0.1, 0.15) is 6.42 Å². The van der Waals surface area contributed by atoms with E-state index in [0.29, 0.717) is 12.2 Å². The molecular formula is C18H15BrN2OS2. The maximum atomic E-state index is 12.0. The molecule has 1 amide bonds. The van der Waals surface area contributed by atoms with Gasteiger partial charge in [-0.25, -0.2) is 4.98 Å². The van der Waals surface area contributed by atoms with E-state index >= 15 is 0 Å². The van der Waals surface area contributed by atoms with Gasteiger partial charge in [0.05, 0.1) is 5.69 Å². The minimum absolute atomic E-state index is 0.0182. The standard InChI is InChI=1S/C18H15BrN2OS2/c19-14-6-8-15(9-7-14)20-17(22)10-11-23-18-21-16(12-24-18)13-4-2-1-3-5-13/h1-9,12H,10-11H2,(H,20,22). The van der Waals surface area contributed by atoms with E-state index in [1.54, 1.807) is 23.1 Å². The Morgan fingerprint density at radius 2 is 1.88 bits per heavy atom. The molecule has 0 radical (unpaired) electrons. The van der Waals surface area contributed by atoms with Crippen molar-refractivity contribution in [3.8, 4) is 11.3 Å². The number of benzene rings is 2. The summed E-state index contributed by atoms with van der Waals surface area (Å²) in [6, 6.07) is 17.7. The normalized spacial score (nSPS) is 10.5. The van der Waals surface area contributed by atoms with Gasteiger partial charge in [-0.3, -0.25) is 4.79 Å². The summed E-state index contributed by atoms with van der Waals surface area (Å²) in [6.07, 6.45) is 0.459. The van der Waals surface area contributed by atoms with Gasteiger partial charge in [-0.05, 0) is 24.3 Å². The van der Waals surface area contributed by atoms with Crippen LogP contribution in [0.25, 0.3) is 11.3 Å². The van der Waals surface area contributed by atoms with E-state index in [9.17, 15) is 4.79 Å². The van der Waals surface area contributed by atoms with E-state index in [1.165, 1.54) is 0 Å². The highest BCUT2D eigenvalue weighted by molar-refractivity contribution is 9.10. The van der Waals surface area contributed by atoms with Gasteiger partial charge in [-0.15, -0.1) is 11.3 Å². The quantitative estimate of drug-likeness (QED) is 0.522. The maximum absolute atomic E-state index is 12.0. The maximum Gasteiger partial charge on any atom is 0.225 e. The molecule has 0 bridgehead atoms. The third-order valence-corrected chi connectivity index (χ3v) is 5.79. The Morgan fingerprint density at radius 3 is 2.62 bits per heavy atom. The van der Waals surface area contributed by atoms with Crippen molar-refractivity contribution in [2.45, 2.75) is 10.8 Å². The summed E-state index contributed by atoms with van der Waals surface area (Å²) in [7, 11) is 0. The Balaban J connectivity index is 1.47. The number of amides is 1. The first-order chi connectivity index (χ1) is 11.7. The molecule has 3 nitrogen and oxygen atoms in total. The average molecular weight is 419 g/mol. The molecule has 0 aliphatic rings. The molecule has 24 heavy (non-hydrogen) atoms. The van der Waals surface area contributed by atoms with Crippen molar-refractivity contribution in [3.63, 3.8) is 0 Å². The number of nitrogens with one attached hydrogen (secondary N) is 1. The van der Waals surface area contributed by atoms with Gasteiger partial charge in [0.2, 0.25) is 5.91 Å². The molecule has 0 aliphatic heterocycles. The fourth-order valence-electron chi connectivity index (χ4n) is 2.05. The molecular weight excluding hydrogens is 404 g/mol. The molecule has 3 aromatic rings. The van der Waals surface area contributed by atoms with Crippen LogP contribution in [0.2, 0.25) is 0 Å². The number of hydrogen-bond donors (Lipinski definition) is 1. The lowest BCUT2D eigenvalue weighted by Gasteiger charge is -2.04. The van der Waals surface area contributed by atoms with Gasteiger partial charge >= 0.3 is 0 Å². The van der Waals surface area contributed by atoms with Crippen molar-refractivity contribution in [1.29, 1.82) is 0 Å². The highest BCUT2D eigenvalue weighted by atomic mass is 79.9. The summed E-state index contributed by atoms with van der Waals surface area (Å²) < 4.78 is 1.99. The van der Waals surface area contributed by atoms with E-state index in [0.717, 1.165) is 25.8 Å². The minimum Gasteiger partial charge on any atom is -0.326 e. The second-order valence-electron chi connectivity index (χ2n) is 5.02. The molecule has 0 spiro atoms. The monoisotopic (exact) mass is 418 g/mol. The van der Waals surface area contributed by atoms with Crippen molar-refractivity contribution in [3.05, 3.63) is 64.5 Å². The zero-order chi connectivity index (χ0) is 16.8. The van der Waals surface area contributed by atoms with Crippen LogP contribution >= 0.6 is 39.0 Å². The van der Waals surface area contributed by atoms with Crippen molar-refractivity contribution in [1.82, 2.24) is 4.98 Å². The molecule has 3 rings (SSSR count). The summed E-state index contributed by atoms with van der Waals surface area (Å²) in [5, 5.41) is 4.95. The second-order valence-corrected chi connectivity index (χ2v) is 8.13. The Labute approximate surface area is 157 Å². The Bertz CT molecular complexity index is 803. The number of anilines is 1. The summed E-state index contributed by atoms with van der Waals surface area (Å²) in [5.41, 5.74) is 2.92. The first-order valence-electron chi connectivity index (χ1n) is 7.40. The van der Waals surface area contributed by atoms with E-state index in [-0.39, 0.29) is 5.91 Å². The molecule has 1 N–H and O–H groups in total. The molecule has 122 valence electrons. The molecule has 0 saturated carbocycles. The van der Waals surface area contributed by atoms with Crippen molar-refractivity contribution in [2.24, 2.45) is 0 Å². The van der Waals surface area contributed by atoms with Crippen LogP contribution < -0.4 is 5.32 Å². The predicted molar refractivity (Wildman–Crippen MR) is 106 cm³/mol. The van der Waals surface area contributed by atoms with Crippen LogP contribution in [0.15, 0.2) is 68.8 Å². The smallest absolute Gasteiger partial charge is 0.225 e. The Kier molecular flexibility index (Phi) is 6.07. The number of nitrogens with zero attached hydrogens (tertiary/aromatic N) is 1. The fourth-order valence-corrected chi connectivity index (χ4v) is 4.16. The van der Waals surface area contributed by atoms with Crippen LogP contribution in [-0.2, 0) is 4.79 Å². The lowest BCUT2D eigenvalue weighted by Crippen LogP contribution is -2.11. The lowest BCUT2D eigenvalue weighted by molar-refractivity contribution is -0.115. The van der Waals surface area contributed by atoms with E-state index < -0.39 is 0 Å². The van der Waals surface area contributed by atoms with Crippen molar-refractivity contribution in [2.75, 3.05) is 11.1 Å². The van der Waals surface area contributed by atoms with Gasteiger partial charge < -0.3 is 5.32 Å². The SMILES string of the molecule is O=C(CCSc1nc(-c2ccccc2)cs1)Nc1ccc(Br)cc1. The first-order valence-corrected chi connectivity index (χ1v) is 10.1. The Hall–Kier alpha value is -1.63. The molecule has 2 aromatic carbocycles. The van der Waals surface area contributed by atoms with Crippen LogP contribution in [-0.4, -0.2) is 16.6 Å². The molecule has 1 aromatic heterocycles. The predicted octanol–water partition coefficient (Wildman–Crippen LogP) is 5.69. The molecule has 0 unspecified atom stereocenters. The van der Waals surface area contributed by atoms with Gasteiger partial charge in [0, 0.05) is 33.3 Å². The van der Waals surface area contributed by atoms with E-state index in [1.807, 2.05) is 42.5 Å². The molecule has 1 heterocycles. The number of rotatable bonds is 6. The number of thioether (sulfide) groups is 1. The van der Waals surface area contributed by atoms with Crippen LogP contribution in [0.4, 0.5) is 5.69 Å². The van der Waals surface area contributed by atoms with Crippen LogP contribution in [0.5, 0.6) is 0 Å². The van der Waals surface area contributed by atoms with Gasteiger partial charge in [0.15, 0.2) is 4.34 Å². The summed E-state index contributed by atoms with van der Waals surface area (Å²) in [4.78, 5) is 16.6. The first kappa shape index (κ1) is 17.2. The van der Waals surface area contributed by atoms with E-state index in [4.69, 9.17) is 0 Å². The molecule has 0 atom stereocenters. The third kappa shape index (κ3) is 4.93. The summed E-state index contributed by atoms with van der Waals surface area (Å²) >= 11 is 6.61. The zero-order valence-electron chi connectivity index (χ0n) is 12.7. The minimum atomic E-state index is 0.0182. The highest BCUT2D eigenvalue weighted by Gasteiger charge is 2.07. The molecule has 0 aliphatic carbocycles. The fraction of sp³-hybridized carbons (Fsp3) is 0.111. The van der Waals surface area contributed by atoms with Gasteiger partial charge in [-0.1, -0.05) is 58.0 Å². The number of halogens is 1. The summed E-state index contributed by atoms with van der Waals surface area (Å²) in [5.74, 6) is 0.731. The van der Waals surface area contributed by atoms with Crippen molar-refractivity contribution < 1.29 is 4.79 Å². The lowest BCUT2D eigenvalue weighted by atomic mass is 10.2. The summed E-state index contributed by atoms with van der Waals surface area (Å²) in [6.45, 7) is 0. The van der Waals surface area contributed by atoms with Gasteiger partial charge in [0.25, 0.3) is 0 Å². The average Bonchev–Trinajstić information content (AvgIpc) is 3.07. The van der Waals surface area contributed by atoms with Gasteiger partial charge in [-0.2, -0.15) is 0 Å². The Morgan fingerprint density at radius 1 is 1.12 bits per heavy atom. The number of carbonyl (C=O) groups excluding carboxylic acids is 1. The third-order valence-electron chi connectivity index (χ3n) is 3.24. The van der Waals surface area contributed by atoms with Crippen LogP contribution in [0.3, 0.4) is 0 Å². The number of thiazole rings is 1. The molecule has 0 saturated heterocycles. The number of aromatic nitrogens is 1. The van der Waals surface area contributed by atoms with E-state index in [2.05, 4.69) is 43.7 Å². The van der Waals surface area contributed by atoms with Gasteiger partial charge in [0.1, 0.15) is 0 Å². The topological polar surface area (TPSA) is 42.0 Å².